The van der Waals surface area contributed by atoms with E-state index in [1.54, 1.807) is 6.20 Å². The third-order valence-corrected chi connectivity index (χ3v) is 4.54. The van der Waals surface area contributed by atoms with Crippen LogP contribution in [0.1, 0.15) is 28.4 Å². The van der Waals surface area contributed by atoms with Gasteiger partial charge in [-0.25, -0.2) is 9.97 Å². The van der Waals surface area contributed by atoms with Gasteiger partial charge in [-0.2, -0.15) is 0 Å². The minimum atomic E-state index is 0.412. The van der Waals surface area contributed by atoms with Gasteiger partial charge in [0, 0.05) is 17.8 Å². The largest absolute Gasteiger partial charge is 0.368 e. The van der Waals surface area contributed by atoms with Gasteiger partial charge in [0.15, 0.2) is 0 Å². The Hall–Kier alpha value is -1.20. The molecule has 2 aromatic rings. The van der Waals surface area contributed by atoms with Gasteiger partial charge in [-0.3, -0.25) is 4.98 Å². The summed E-state index contributed by atoms with van der Waals surface area (Å²) in [5, 5.41) is 4.85. The van der Waals surface area contributed by atoms with E-state index in [2.05, 4.69) is 15.3 Å². The van der Waals surface area contributed by atoms with Gasteiger partial charge in [0.1, 0.15) is 11.0 Å². The van der Waals surface area contributed by atoms with Crippen LogP contribution in [0.3, 0.4) is 0 Å². The van der Waals surface area contributed by atoms with Gasteiger partial charge >= 0.3 is 0 Å². The zero-order chi connectivity index (χ0) is 13.1. The molecule has 0 saturated heterocycles. The molecule has 0 fully saturated rings. The van der Waals surface area contributed by atoms with Crippen molar-refractivity contribution < 1.29 is 0 Å². The first kappa shape index (κ1) is 12.8. The second-order valence-electron chi connectivity index (χ2n) is 4.59. The molecule has 0 radical (unpaired) electrons. The average Bonchev–Trinajstić information content (AvgIpc) is 2.81. The molecule has 4 nitrogen and oxygen atoms in total. The maximum absolute atomic E-state index is 5.79. The van der Waals surface area contributed by atoms with Gasteiger partial charge in [0.05, 0.1) is 23.1 Å². The Labute approximate surface area is 121 Å². The van der Waals surface area contributed by atoms with E-state index in [0.29, 0.717) is 11.0 Å². The molecular weight excluding hydrogens is 280 g/mol. The molecule has 1 N–H and O–H groups in total. The summed E-state index contributed by atoms with van der Waals surface area (Å²) in [6, 6.07) is 0. The third kappa shape index (κ3) is 3.22. The lowest BCUT2D eigenvalue weighted by atomic mass is 10.0. The molecule has 6 heteroatoms. The Morgan fingerprint density at radius 2 is 2.11 bits per heavy atom. The summed E-state index contributed by atoms with van der Waals surface area (Å²) in [4.78, 5) is 14.3. The van der Waals surface area contributed by atoms with Gasteiger partial charge in [-0.1, -0.05) is 11.6 Å². The van der Waals surface area contributed by atoms with Gasteiger partial charge in [-0.15, -0.1) is 11.3 Å². The molecule has 0 aromatic carbocycles. The number of hydrogen-bond donors (Lipinski definition) is 1. The first-order valence-electron chi connectivity index (χ1n) is 6.50. The predicted molar refractivity (Wildman–Crippen MR) is 78.0 cm³/mol. The van der Waals surface area contributed by atoms with Crippen molar-refractivity contribution in [3.63, 3.8) is 0 Å². The Kier molecular flexibility index (Phi) is 3.94. The second kappa shape index (κ2) is 5.84. The molecule has 2 heterocycles. The van der Waals surface area contributed by atoms with Crippen LogP contribution < -0.4 is 5.32 Å². The van der Waals surface area contributed by atoms with Crippen LogP contribution in [-0.4, -0.2) is 21.5 Å². The van der Waals surface area contributed by atoms with Crippen molar-refractivity contribution in [3.05, 3.63) is 33.1 Å². The Morgan fingerprint density at radius 1 is 1.21 bits per heavy atom. The van der Waals surface area contributed by atoms with Crippen LogP contribution in [-0.2, 0) is 19.3 Å². The fourth-order valence-electron chi connectivity index (χ4n) is 2.24. The molecule has 19 heavy (non-hydrogen) atoms. The summed E-state index contributed by atoms with van der Waals surface area (Å²) in [7, 11) is 0. The maximum atomic E-state index is 5.79. The smallest absolute Gasteiger partial charge is 0.149 e. The predicted octanol–water partition coefficient (Wildman–Crippen LogP) is 3.12. The van der Waals surface area contributed by atoms with E-state index < -0.39 is 0 Å². The van der Waals surface area contributed by atoms with E-state index >= 15 is 0 Å². The number of nitrogens with one attached hydrogen (secondary N) is 1. The number of rotatable bonds is 4. The molecular formula is C13H15ClN4S. The van der Waals surface area contributed by atoms with Gasteiger partial charge in [-0.05, 0) is 25.7 Å². The summed E-state index contributed by atoms with van der Waals surface area (Å²) >= 11 is 7.65. The maximum Gasteiger partial charge on any atom is 0.149 e. The van der Waals surface area contributed by atoms with Crippen LogP contribution in [0.5, 0.6) is 0 Å². The molecule has 1 aliphatic carbocycles. The lowest BCUT2D eigenvalue weighted by Crippen LogP contribution is -2.06. The summed E-state index contributed by atoms with van der Waals surface area (Å²) < 4.78 is 0. The Bertz CT molecular complexity index is 546. The molecule has 0 aliphatic heterocycles. The zero-order valence-corrected chi connectivity index (χ0v) is 12.1. The SMILES string of the molecule is Clc1cncc(NCCc2nc3c(s2)CCCC3)n1. The third-order valence-electron chi connectivity index (χ3n) is 3.14. The number of nitrogens with zero attached hydrogens (tertiary/aromatic N) is 3. The molecule has 0 unspecified atom stereocenters. The standard InChI is InChI=1S/C13H15ClN4S/c14-11-7-15-8-12(18-11)16-6-5-13-17-9-3-1-2-4-10(9)19-13/h7-8H,1-6H2,(H,16,18). The van der Waals surface area contributed by atoms with Gasteiger partial charge in [0.2, 0.25) is 0 Å². The van der Waals surface area contributed by atoms with Crippen molar-refractivity contribution in [1.29, 1.82) is 0 Å². The Morgan fingerprint density at radius 3 is 2.95 bits per heavy atom. The second-order valence-corrected chi connectivity index (χ2v) is 6.14. The molecule has 0 saturated carbocycles. The zero-order valence-electron chi connectivity index (χ0n) is 10.5. The summed E-state index contributed by atoms with van der Waals surface area (Å²) in [6.07, 6.45) is 9.09. The number of aryl methyl sites for hydroxylation is 2. The highest BCUT2D eigenvalue weighted by Crippen LogP contribution is 2.26. The van der Waals surface area contributed by atoms with Gasteiger partial charge < -0.3 is 5.32 Å². The average molecular weight is 295 g/mol. The van der Waals surface area contributed by atoms with Crippen LogP contribution in [0.2, 0.25) is 5.15 Å². The first-order chi connectivity index (χ1) is 9.31. The summed E-state index contributed by atoms with van der Waals surface area (Å²) in [5.74, 6) is 0.716. The van der Waals surface area contributed by atoms with Crippen molar-refractivity contribution in [2.24, 2.45) is 0 Å². The van der Waals surface area contributed by atoms with E-state index in [4.69, 9.17) is 16.6 Å². The van der Waals surface area contributed by atoms with Crippen LogP contribution >= 0.6 is 22.9 Å². The van der Waals surface area contributed by atoms with E-state index in [0.717, 1.165) is 19.4 Å². The molecule has 0 amide bonds. The Balaban J connectivity index is 1.56. The number of anilines is 1. The number of thiazole rings is 1. The quantitative estimate of drug-likeness (QED) is 0.941. The molecule has 2 aromatic heterocycles. The highest BCUT2D eigenvalue weighted by atomic mass is 35.5. The highest BCUT2D eigenvalue weighted by Gasteiger charge is 2.14. The monoisotopic (exact) mass is 294 g/mol. The molecule has 100 valence electrons. The topological polar surface area (TPSA) is 50.7 Å². The van der Waals surface area contributed by atoms with E-state index in [1.807, 2.05) is 11.3 Å². The van der Waals surface area contributed by atoms with Crippen LogP contribution in [0.25, 0.3) is 0 Å². The normalized spacial score (nSPS) is 14.2. The fraction of sp³-hybridized carbons (Fsp3) is 0.462. The minimum Gasteiger partial charge on any atom is -0.368 e. The van der Waals surface area contributed by atoms with E-state index in [1.165, 1.54) is 41.0 Å². The fourth-order valence-corrected chi connectivity index (χ4v) is 3.54. The summed E-state index contributed by atoms with van der Waals surface area (Å²) in [6.45, 7) is 0.807. The molecule has 0 bridgehead atoms. The number of aromatic nitrogens is 3. The number of hydrogen-bond acceptors (Lipinski definition) is 5. The van der Waals surface area contributed by atoms with E-state index in [-0.39, 0.29) is 0 Å². The van der Waals surface area contributed by atoms with Crippen molar-refractivity contribution in [1.82, 2.24) is 15.0 Å². The molecule has 1 aliphatic rings. The number of halogens is 1. The molecule has 0 spiro atoms. The van der Waals surface area contributed by atoms with Crippen molar-refractivity contribution >= 4 is 28.8 Å². The van der Waals surface area contributed by atoms with Crippen molar-refractivity contribution in [2.45, 2.75) is 32.1 Å². The van der Waals surface area contributed by atoms with Crippen molar-refractivity contribution in [2.75, 3.05) is 11.9 Å². The van der Waals surface area contributed by atoms with Crippen LogP contribution in [0, 0.1) is 0 Å². The lowest BCUT2D eigenvalue weighted by molar-refractivity contribution is 0.680. The lowest BCUT2D eigenvalue weighted by Gasteiger charge is -2.06. The van der Waals surface area contributed by atoms with Crippen molar-refractivity contribution in [3.8, 4) is 0 Å². The molecule has 3 rings (SSSR count). The molecule has 0 atom stereocenters. The highest BCUT2D eigenvalue weighted by molar-refractivity contribution is 7.11. The van der Waals surface area contributed by atoms with E-state index in [9.17, 15) is 0 Å². The number of fused-ring (bicyclic) bond motifs is 1. The summed E-state index contributed by atoms with van der Waals surface area (Å²) in [5.41, 5.74) is 1.33. The van der Waals surface area contributed by atoms with Crippen LogP contribution in [0.4, 0.5) is 5.82 Å². The van der Waals surface area contributed by atoms with Gasteiger partial charge in [0.25, 0.3) is 0 Å². The van der Waals surface area contributed by atoms with Crippen LogP contribution in [0.15, 0.2) is 12.4 Å². The first-order valence-corrected chi connectivity index (χ1v) is 7.69. The minimum absolute atomic E-state index is 0.412.